The Balaban J connectivity index is 1.33. The Labute approximate surface area is 167 Å². The first-order chi connectivity index (χ1) is 12.5. The van der Waals surface area contributed by atoms with Gasteiger partial charge in [-0.2, -0.15) is 0 Å². The first-order valence-electron chi connectivity index (χ1n) is 8.20. The van der Waals surface area contributed by atoms with E-state index in [1.165, 1.54) is 6.20 Å². The molecule has 8 heteroatoms. The second kappa shape index (κ2) is 8.91. The molecule has 26 heavy (non-hydrogen) atoms. The highest BCUT2D eigenvalue weighted by molar-refractivity contribution is 6.42. The van der Waals surface area contributed by atoms with Crippen LogP contribution in [0.15, 0.2) is 36.7 Å². The third kappa shape index (κ3) is 5.01. The number of carbonyl (C=O) groups is 1. The number of hydrogen-bond acceptors (Lipinski definition) is 3. The van der Waals surface area contributed by atoms with Crippen LogP contribution in [-0.2, 0) is 11.3 Å². The fraction of sp³-hybridized carbons (Fsp3) is 0.333. The maximum Gasteiger partial charge on any atom is 0.321 e. The minimum absolute atomic E-state index is 0.159. The van der Waals surface area contributed by atoms with Gasteiger partial charge >= 0.3 is 6.03 Å². The second-order valence-corrected chi connectivity index (χ2v) is 7.37. The van der Waals surface area contributed by atoms with Gasteiger partial charge in [0.15, 0.2) is 0 Å². The molecular weight excluding hydrogens is 397 g/mol. The van der Waals surface area contributed by atoms with Crippen molar-refractivity contribution in [2.24, 2.45) is 5.92 Å². The predicted octanol–water partition coefficient (Wildman–Crippen LogP) is 5.11. The van der Waals surface area contributed by atoms with Crippen molar-refractivity contribution < 1.29 is 9.53 Å². The van der Waals surface area contributed by atoms with Crippen molar-refractivity contribution in [2.75, 3.05) is 25.0 Å². The Morgan fingerprint density at radius 3 is 2.73 bits per heavy atom. The highest BCUT2D eigenvalue weighted by Crippen LogP contribution is 2.25. The first-order valence-corrected chi connectivity index (χ1v) is 9.33. The Bertz CT molecular complexity index is 782. The Hall–Kier alpha value is -1.53. The SMILES string of the molecule is O=C(Nc1cnccc1Cl)N1CC(CCOCc2ccc(Cl)c(Cl)c2)C1. The number of amides is 2. The fourth-order valence-electron chi connectivity index (χ4n) is 2.65. The molecular formula is C18H18Cl3N3O2. The number of aromatic nitrogens is 1. The Kier molecular flexibility index (Phi) is 6.59. The molecule has 1 aliphatic heterocycles. The standard InChI is InChI=1S/C18H18Cl3N3O2/c19-14-2-1-12(7-16(14)21)11-26-6-4-13-9-24(10-13)18(25)23-17-8-22-5-3-15(17)20/h1-3,5,7-8,13H,4,6,9-11H2,(H,23,25). The largest absolute Gasteiger partial charge is 0.377 e. The number of ether oxygens (including phenoxy) is 1. The van der Waals surface area contributed by atoms with Crippen molar-refractivity contribution in [3.05, 3.63) is 57.3 Å². The summed E-state index contributed by atoms with van der Waals surface area (Å²) < 4.78 is 5.68. The maximum absolute atomic E-state index is 12.1. The molecule has 1 saturated heterocycles. The third-order valence-corrected chi connectivity index (χ3v) is 5.25. The number of likely N-dealkylation sites (tertiary alicyclic amines) is 1. The molecule has 5 nitrogen and oxygen atoms in total. The highest BCUT2D eigenvalue weighted by Gasteiger charge is 2.30. The van der Waals surface area contributed by atoms with Crippen LogP contribution >= 0.6 is 34.8 Å². The number of anilines is 1. The summed E-state index contributed by atoms with van der Waals surface area (Å²) >= 11 is 17.9. The van der Waals surface area contributed by atoms with Gasteiger partial charge < -0.3 is 15.0 Å². The lowest BCUT2D eigenvalue weighted by atomic mass is 9.97. The molecule has 2 aromatic rings. The molecule has 0 aliphatic carbocycles. The number of carbonyl (C=O) groups excluding carboxylic acids is 1. The molecule has 0 bridgehead atoms. The highest BCUT2D eigenvalue weighted by atomic mass is 35.5. The predicted molar refractivity (Wildman–Crippen MR) is 104 cm³/mol. The van der Waals surface area contributed by atoms with Crippen LogP contribution in [0.5, 0.6) is 0 Å². The molecule has 0 radical (unpaired) electrons. The summed E-state index contributed by atoms with van der Waals surface area (Å²) in [6.45, 7) is 2.54. The van der Waals surface area contributed by atoms with Gasteiger partial charge in [-0.05, 0) is 36.1 Å². The number of nitrogens with zero attached hydrogens (tertiary/aromatic N) is 2. The summed E-state index contributed by atoms with van der Waals surface area (Å²) in [4.78, 5) is 17.8. The molecule has 1 aromatic carbocycles. The topological polar surface area (TPSA) is 54.5 Å². The zero-order chi connectivity index (χ0) is 18.5. The van der Waals surface area contributed by atoms with E-state index in [9.17, 15) is 4.79 Å². The normalized spacial score (nSPS) is 14.2. The smallest absolute Gasteiger partial charge is 0.321 e. The monoisotopic (exact) mass is 413 g/mol. The van der Waals surface area contributed by atoms with Crippen molar-refractivity contribution in [2.45, 2.75) is 13.0 Å². The zero-order valence-electron chi connectivity index (χ0n) is 13.9. The van der Waals surface area contributed by atoms with Crippen LogP contribution in [0.25, 0.3) is 0 Å². The molecule has 1 aromatic heterocycles. The van der Waals surface area contributed by atoms with Crippen LogP contribution < -0.4 is 5.32 Å². The number of pyridine rings is 1. The van der Waals surface area contributed by atoms with Crippen LogP contribution in [0.4, 0.5) is 10.5 Å². The van der Waals surface area contributed by atoms with Gasteiger partial charge in [0.1, 0.15) is 0 Å². The van der Waals surface area contributed by atoms with Crippen molar-refractivity contribution in [3.63, 3.8) is 0 Å². The molecule has 3 rings (SSSR count). The van der Waals surface area contributed by atoms with Crippen LogP contribution in [0.3, 0.4) is 0 Å². The number of hydrogen-bond donors (Lipinski definition) is 1. The second-order valence-electron chi connectivity index (χ2n) is 6.15. The van der Waals surface area contributed by atoms with Crippen molar-refractivity contribution in [1.82, 2.24) is 9.88 Å². The molecule has 138 valence electrons. The number of nitrogens with one attached hydrogen (secondary N) is 1. The van der Waals surface area contributed by atoms with Crippen molar-refractivity contribution in [1.29, 1.82) is 0 Å². The summed E-state index contributed by atoms with van der Waals surface area (Å²) in [5.74, 6) is 0.443. The van der Waals surface area contributed by atoms with Gasteiger partial charge in [-0.1, -0.05) is 40.9 Å². The summed E-state index contributed by atoms with van der Waals surface area (Å²) in [7, 11) is 0. The molecule has 2 amide bonds. The van der Waals surface area contributed by atoms with Gasteiger partial charge in [-0.3, -0.25) is 4.98 Å². The summed E-state index contributed by atoms with van der Waals surface area (Å²) in [5.41, 5.74) is 1.51. The van der Waals surface area contributed by atoms with E-state index in [1.807, 2.05) is 12.1 Å². The third-order valence-electron chi connectivity index (χ3n) is 4.18. The number of benzene rings is 1. The average Bonchev–Trinajstić information content (AvgIpc) is 2.58. The van der Waals surface area contributed by atoms with E-state index in [1.54, 1.807) is 23.2 Å². The quantitative estimate of drug-likeness (QED) is 0.668. The molecule has 1 fully saturated rings. The summed E-state index contributed by atoms with van der Waals surface area (Å²) in [6.07, 6.45) is 4.02. The Morgan fingerprint density at radius 1 is 1.19 bits per heavy atom. The van der Waals surface area contributed by atoms with E-state index in [-0.39, 0.29) is 6.03 Å². The maximum atomic E-state index is 12.1. The van der Waals surface area contributed by atoms with Crippen molar-refractivity contribution >= 4 is 46.5 Å². The zero-order valence-corrected chi connectivity index (χ0v) is 16.2. The minimum atomic E-state index is -0.159. The van der Waals surface area contributed by atoms with Gasteiger partial charge in [0, 0.05) is 25.9 Å². The molecule has 0 atom stereocenters. The van der Waals surface area contributed by atoms with Gasteiger partial charge in [0.25, 0.3) is 0 Å². The summed E-state index contributed by atoms with van der Waals surface area (Å²) in [5, 5.41) is 4.31. The number of halogens is 3. The van der Waals surface area contributed by atoms with E-state index in [0.717, 1.165) is 12.0 Å². The lowest BCUT2D eigenvalue weighted by Crippen LogP contribution is -2.51. The van der Waals surface area contributed by atoms with Crippen LogP contribution in [0.1, 0.15) is 12.0 Å². The molecule has 1 aliphatic rings. The van der Waals surface area contributed by atoms with E-state index in [2.05, 4.69) is 10.3 Å². The minimum Gasteiger partial charge on any atom is -0.377 e. The van der Waals surface area contributed by atoms with E-state index in [0.29, 0.717) is 53.0 Å². The lowest BCUT2D eigenvalue weighted by Gasteiger charge is -2.39. The fourth-order valence-corrected chi connectivity index (χ4v) is 3.12. The number of rotatable bonds is 6. The number of urea groups is 1. The van der Waals surface area contributed by atoms with E-state index in [4.69, 9.17) is 39.5 Å². The molecule has 2 heterocycles. The molecule has 0 saturated carbocycles. The molecule has 0 unspecified atom stereocenters. The van der Waals surface area contributed by atoms with Crippen LogP contribution in [0.2, 0.25) is 15.1 Å². The first kappa shape index (κ1) is 19.2. The van der Waals surface area contributed by atoms with Crippen molar-refractivity contribution in [3.8, 4) is 0 Å². The van der Waals surface area contributed by atoms with Gasteiger partial charge in [0.05, 0.1) is 33.6 Å². The summed E-state index contributed by atoms with van der Waals surface area (Å²) in [6, 6.07) is 6.95. The molecule has 1 N–H and O–H groups in total. The van der Waals surface area contributed by atoms with Crippen LogP contribution in [-0.4, -0.2) is 35.6 Å². The van der Waals surface area contributed by atoms with E-state index >= 15 is 0 Å². The van der Waals surface area contributed by atoms with E-state index < -0.39 is 0 Å². The van der Waals surface area contributed by atoms with Gasteiger partial charge in [-0.15, -0.1) is 0 Å². The van der Waals surface area contributed by atoms with Gasteiger partial charge in [-0.25, -0.2) is 4.79 Å². The van der Waals surface area contributed by atoms with Gasteiger partial charge in [0.2, 0.25) is 0 Å². The lowest BCUT2D eigenvalue weighted by molar-refractivity contribution is 0.0691. The Morgan fingerprint density at radius 2 is 2.00 bits per heavy atom. The average molecular weight is 415 g/mol. The van der Waals surface area contributed by atoms with Crippen LogP contribution in [0, 0.1) is 5.92 Å². The molecule has 0 spiro atoms.